The Morgan fingerprint density at radius 3 is 1.05 bits per heavy atom. The van der Waals surface area contributed by atoms with Gasteiger partial charge >= 0.3 is 0 Å². The Bertz CT molecular complexity index is 590. The lowest BCUT2D eigenvalue weighted by Crippen LogP contribution is -3.00. The van der Waals surface area contributed by atoms with Crippen LogP contribution in [0.1, 0.15) is 0 Å². The van der Waals surface area contributed by atoms with Gasteiger partial charge in [0.2, 0.25) is 0 Å². The molecule has 3 aromatic carbocycles. The second-order valence-corrected chi connectivity index (χ2v) is 9.06. The van der Waals surface area contributed by atoms with Crippen molar-refractivity contribution in [1.29, 1.82) is 0 Å². The number of alkyl halides is 1. The average molecular weight is 439 g/mol. The van der Waals surface area contributed by atoms with E-state index in [4.69, 9.17) is 11.6 Å². The zero-order chi connectivity index (χ0) is 14.5. The molecule has 0 unspecified atom stereocenters. The molecule has 0 amide bonds. The van der Waals surface area contributed by atoms with E-state index in [9.17, 15) is 0 Å². The summed E-state index contributed by atoms with van der Waals surface area (Å²) in [5, 5.41) is 3.99. The molecule has 0 N–H and O–H groups in total. The Kier molecular flexibility index (Phi) is 6.43. The maximum Gasteiger partial charge on any atom is 0.146 e. The molecule has 0 nitrogen and oxygen atoms in total. The Morgan fingerprint density at radius 1 is 0.545 bits per heavy atom. The number of halogens is 2. The number of hydrogen-bond donors (Lipinski definition) is 0. The van der Waals surface area contributed by atoms with Gasteiger partial charge in [-0.15, -0.1) is 0 Å². The van der Waals surface area contributed by atoms with E-state index < -0.39 is 7.26 Å². The highest BCUT2D eigenvalue weighted by atomic mass is 127. The van der Waals surface area contributed by atoms with Gasteiger partial charge in [-0.1, -0.05) is 66.2 Å². The standard InChI is InChI=1S/C19H17ClP.HI/c20-16-21(17-10-4-1-5-11-17,18-12-6-2-7-13-18)19-14-8-3-9-15-19;/h1-15H,16H2;1H/q+1;/p-1. The first-order valence-electron chi connectivity index (χ1n) is 6.99. The van der Waals surface area contributed by atoms with Crippen molar-refractivity contribution in [2.45, 2.75) is 0 Å². The van der Waals surface area contributed by atoms with Gasteiger partial charge in [0.15, 0.2) is 0 Å². The highest BCUT2D eigenvalue weighted by Crippen LogP contribution is 2.55. The number of benzene rings is 3. The largest absolute Gasteiger partial charge is 1.00 e. The van der Waals surface area contributed by atoms with Crippen LogP contribution in [0, 0.1) is 0 Å². The van der Waals surface area contributed by atoms with Gasteiger partial charge in [-0.05, 0) is 36.4 Å². The van der Waals surface area contributed by atoms with Crippen molar-refractivity contribution in [2.75, 3.05) is 5.62 Å². The predicted molar refractivity (Wildman–Crippen MR) is 95.9 cm³/mol. The molecule has 0 aliphatic heterocycles. The van der Waals surface area contributed by atoms with Crippen LogP contribution in [-0.4, -0.2) is 5.62 Å². The maximum absolute atomic E-state index is 6.58. The van der Waals surface area contributed by atoms with Crippen LogP contribution < -0.4 is 39.9 Å². The van der Waals surface area contributed by atoms with Crippen molar-refractivity contribution in [2.24, 2.45) is 0 Å². The van der Waals surface area contributed by atoms with E-state index >= 15 is 0 Å². The summed E-state index contributed by atoms with van der Waals surface area (Å²) in [7, 11) is -1.77. The summed E-state index contributed by atoms with van der Waals surface area (Å²) < 4.78 is 0. The van der Waals surface area contributed by atoms with Gasteiger partial charge in [-0.25, -0.2) is 0 Å². The molecule has 112 valence electrons. The fourth-order valence-corrected chi connectivity index (χ4v) is 7.30. The third kappa shape index (κ3) is 3.22. The van der Waals surface area contributed by atoms with Gasteiger partial charge in [0, 0.05) is 0 Å². The molecule has 0 saturated heterocycles. The topological polar surface area (TPSA) is 0 Å². The zero-order valence-electron chi connectivity index (χ0n) is 12.1. The molecule has 3 rings (SSSR count). The third-order valence-corrected chi connectivity index (χ3v) is 8.74. The Hall–Kier alpha value is -0.890. The van der Waals surface area contributed by atoms with E-state index in [2.05, 4.69) is 91.0 Å². The van der Waals surface area contributed by atoms with E-state index in [-0.39, 0.29) is 24.0 Å². The second-order valence-electron chi connectivity index (χ2n) is 4.94. The molecule has 0 saturated carbocycles. The van der Waals surface area contributed by atoms with Crippen molar-refractivity contribution in [3.63, 3.8) is 0 Å². The highest BCUT2D eigenvalue weighted by Gasteiger charge is 2.44. The van der Waals surface area contributed by atoms with Crippen LogP contribution in [0.2, 0.25) is 0 Å². The number of hydrogen-bond acceptors (Lipinski definition) is 0. The van der Waals surface area contributed by atoms with Crippen molar-refractivity contribution in [3.8, 4) is 0 Å². The Labute approximate surface area is 154 Å². The van der Waals surface area contributed by atoms with Crippen molar-refractivity contribution in [3.05, 3.63) is 91.0 Å². The minimum atomic E-state index is -1.77. The van der Waals surface area contributed by atoms with E-state index in [1.807, 2.05) is 0 Å². The van der Waals surface area contributed by atoms with Gasteiger partial charge in [0.25, 0.3) is 0 Å². The van der Waals surface area contributed by atoms with Gasteiger partial charge in [-0.2, -0.15) is 0 Å². The van der Waals surface area contributed by atoms with Gasteiger partial charge < -0.3 is 24.0 Å². The minimum Gasteiger partial charge on any atom is -1.00 e. The molecule has 0 fully saturated rings. The van der Waals surface area contributed by atoms with Gasteiger partial charge in [0.1, 0.15) is 28.8 Å². The summed E-state index contributed by atoms with van der Waals surface area (Å²) in [6, 6.07) is 32.0. The van der Waals surface area contributed by atoms with Crippen molar-refractivity contribution >= 4 is 34.8 Å². The predicted octanol–water partition coefficient (Wildman–Crippen LogP) is 1.18. The summed E-state index contributed by atoms with van der Waals surface area (Å²) in [5.74, 6) is 0. The van der Waals surface area contributed by atoms with Crippen LogP contribution in [0.25, 0.3) is 0 Å². The molecule has 22 heavy (non-hydrogen) atoms. The monoisotopic (exact) mass is 438 g/mol. The highest BCUT2D eigenvalue weighted by molar-refractivity contribution is 7.96. The lowest BCUT2D eigenvalue weighted by Gasteiger charge is -2.25. The molecule has 0 heterocycles. The Balaban J connectivity index is 0.00000176. The van der Waals surface area contributed by atoms with E-state index in [0.717, 1.165) is 0 Å². The fourth-order valence-electron chi connectivity index (χ4n) is 2.70. The molecule has 0 aromatic heterocycles. The molecule has 0 radical (unpaired) electrons. The number of rotatable bonds is 4. The molecule has 0 atom stereocenters. The summed E-state index contributed by atoms with van der Waals surface area (Å²) in [6.07, 6.45) is 0. The van der Waals surface area contributed by atoms with Crippen LogP contribution in [0.15, 0.2) is 91.0 Å². The quantitative estimate of drug-likeness (QED) is 0.326. The first-order chi connectivity index (χ1) is 10.4. The first-order valence-corrected chi connectivity index (χ1v) is 9.49. The molecule has 0 bridgehead atoms. The lowest BCUT2D eigenvalue weighted by atomic mass is 10.4. The molecule has 0 aliphatic rings. The summed E-state index contributed by atoms with van der Waals surface area (Å²) in [4.78, 5) is 0. The van der Waals surface area contributed by atoms with Crippen LogP contribution >= 0.6 is 18.9 Å². The van der Waals surface area contributed by atoms with Gasteiger partial charge in [-0.3, -0.25) is 0 Å². The van der Waals surface area contributed by atoms with Crippen LogP contribution in [-0.2, 0) is 0 Å². The van der Waals surface area contributed by atoms with E-state index in [1.165, 1.54) is 15.9 Å². The molecule has 3 heteroatoms. The van der Waals surface area contributed by atoms with Crippen LogP contribution in [0.4, 0.5) is 0 Å². The SMILES string of the molecule is ClC[P+](c1ccccc1)(c1ccccc1)c1ccccc1.[I-]. The maximum atomic E-state index is 6.58. The minimum absolute atomic E-state index is 0. The molecule has 0 aliphatic carbocycles. The molecule has 0 spiro atoms. The lowest BCUT2D eigenvalue weighted by molar-refractivity contribution is -0.00000397. The van der Waals surface area contributed by atoms with E-state index in [0.29, 0.717) is 5.62 Å². The summed E-state index contributed by atoms with van der Waals surface area (Å²) in [5.41, 5.74) is 0.616. The molecular formula is C19H17ClIP. The first kappa shape index (κ1) is 17.5. The van der Waals surface area contributed by atoms with Gasteiger partial charge in [0.05, 0.1) is 0 Å². The smallest absolute Gasteiger partial charge is 0.146 e. The summed E-state index contributed by atoms with van der Waals surface area (Å²) >= 11 is 6.58. The van der Waals surface area contributed by atoms with Crippen LogP contribution in [0.5, 0.6) is 0 Å². The average Bonchev–Trinajstić information content (AvgIpc) is 2.59. The fraction of sp³-hybridized carbons (Fsp3) is 0.0526. The summed E-state index contributed by atoms with van der Waals surface area (Å²) in [6.45, 7) is 0. The van der Waals surface area contributed by atoms with Crippen molar-refractivity contribution in [1.82, 2.24) is 0 Å². The zero-order valence-corrected chi connectivity index (χ0v) is 15.9. The second kappa shape index (κ2) is 8.10. The van der Waals surface area contributed by atoms with E-state index in [1.54, 1.807) is 0 Å². The third-order valence-electron chi connectivity index (χ3n) is 3.77. The molecular weight excluding hydrogens is 422 g/mol. The van der Waals surface area contributed by atoms with Crippen LogP contribution in [0.3, 0.4) is 0 Å². The Morgan fingerprint density at radius 2 is 0.818 bits per heavy atom. The van der Waals surface area contributed by atoms with Crippen molar-refractivity contribution < 1.29 is 24.0 Å². The molecule has 3 aromatic rings. The normalized spacial score (nSPS) is 10.8.